The summed E-state index contributed by atoms with van der Waals surface area (Å²) in [7, 11) is 0. The molecule has 1 saturated heterocycles. The Balaban J connectivity index is 1.97. The molecule has 0 bridgehead atoms. The highest BCUT2D eigenvalue weighted by atomic mass is 16.5. The first-order valence-electron chi connectivity index (χ1n) is 8.00. The molecule has 1 fully saturated rings. The molecule has 2 nitrogen and oxygen atoms in total. The van der Waals surface area contributed by atoms with E-state index < -0.39 is 0 Å². The van der Waals surface area contributed by atoms with E-state index >= 15 is 0 Å². The lowest BCUT2D eigenvalue weighted by Crippen LogP contribution is -2.61. The lowest BCUT2D eigenvalue weighted by Gasteiger charge is -2.51. The quantitative estimate of drug-likeness (QED) is 0.880. The van der Waals surface area contributed by atoms with E-state index in [-0.39, 0.29) is 17.1 Å². The topological polar surface area (TPSA) is 21.3 Å². The molecule has 1 aromatic rings. The fourth-order valence-corrected chi connectivity index (χ4v) is 4.02. The van der Waals surface area contributed by atoms with Gasteiger partial charge in [-0.2, -0.15) is 0 Å². The molecule has 0 aromatic heterocycles. The highest BCUT2D eigenvalue weighted by molar-refractivity contribution is 5.39. The molecule has 20 heavy (non-hydrogen) atoms. The summed E-state index contributed by atoms with van der Waals surface area (Å²) in [5.74, 6) is 0. The van der Waals surface area contributed by atoms with Gasteiger partial charge in [-0.05, 0) is 35.8 Å². The first kappa shape index (κ1) is 14.1. The predicted octanol–water partition coefficient (Wildman–Crippen LogP) is 3.96. The highest BCUT2D eigenvalue weighted by Crippen LogP contribution is 2.46. The van der Waals surface area contributed by atoms with Gasteiger partial charge in [0.1, 0.15) is 0 Å². The van der Waals surface area contributed by atoms with Crippen molar-refractivity contribution >= 4 is 0 Å². The van der Waals surface area contributed by atoms with Crippen LogP contribution in [-0.4, -0.2) is 18.2 Å². The van der Waals surface area contributed by atoms with Gasteiger partial charge in [0, 0.05) is 11.6 Å². The maximum absolute atomic E-state index is 6.34. The first-order valence-corrected chi connectivity index (χ1v) is 8.00. The Morgan fingerprint density at radius 1 is 1.20 bits per heavy atom. The zero-order valence-electron chi connectivity index (χ0n) is 13.2. The Labute approximate surface area is 122 Å². The molecule has 1 heterocycles. The Morgan fingerprint density at radius 2 is 1.90 bits per heavy atom. The third-order valence-corrected chi connectivity index (χ3v) is 5.48. The van der Waals surface area contributed by atoms with Crippen LogP contribution in [0.15, 0.2) is 24.3 Å². The summed E-state index contributed by atoms with van der Waals surface area (Å²) in [5, 5.41) is 3.94. The molecule has 1 N–H and O–H groups in total. The van der Waals surface area contributed by atoms with E-state index in [0.717, 1.165) is 25.9 Å². The van der Waals surface area contributed by atoms with Gasteiger partial charge in [0.05, 0.1) is 12.7 Å². The van der Waals surface area contributed by atoms with Gasteiger partial charge in [-0.15, -0.1) is 0 Å². The molecule has 1 aromatic carbocycles. The number of fused-ring (bicyclic) bond motifs is 3. The van der Waals surface area contributed by atoms with E-state index in [1.54, 1.807) is 0 Å². The Hall–Kier alpha value is -0.860. The molecule has 0 saturated carbocycles. The molecular weight excluding hydrogens is 246 g/mol. The van der Waals surface area contributed by atoms with E-state index in [9.17, 15) is 0 Å². The lowest BCUT2D eigenvalue weighted by atomic mass is 9.68. The van der Waals surface area contributed by atoms with Crippen LogP contribution >= 0.6 is 0 Å². The van der Waals surface area contributed by atoms with E-state index in [4.69, 9.17) is 4.74 Å². The number of ether oxygens (including phenoxy) is 1. The van der Waals surface area contributed by atoms with Crippen LogP contribution in [0.3, 0.4) is 0 Å². The molecule has 2 unspecified atom stereocenters. The minimum atomic E-state index is 0.170. The van der Waals surface area contributed by atoms with Crippen LogP contribution < -0.4 is 5.32 Å². The van der Waals surface area contributed by atoms with Gasteiger partial charge in [0.15, 0.2) is 0 Å². The smallest absolute Gasteiger partial charge is 0.0982 e. The average Bonchev–Trinajstić information content (AvgIpc) is 2.46. The van der Waals surface area contributed by atoms with Gasteiger partial charge < -0.3 is 10.1 Å². The second kappa shape index (κ2) is 4.85. The fourth-order valence-electron chi connectivity index (χ4n) is 4.02. The number of morpholine rings is 1. The van der Waals surface area contributed by atoms with E-state index in [1.807, 2.05) is 0 Å². The van der Waals surface area contributed by atoms with Crippen molar-refractivity contribution in [2.24, 2.45) is 0 Å². The molecule has 110 valence electrons. The van der Waals surface area contributed by atoms with Crippen molar-refractivity contribution in [1.82, 2.24) is 5.32 Å². The van der Waals surface area contributed by atoms with Crippen molar-refractivity contribution in [3.63, 3.8) is 0 Å². The minimum Gasteiger partial charge on any atom is -0.370 e. The Kier molecular flexibility index (Phi) is 3.42. The van der Waals surface area contributed by atoms with Crippen molar-refractivity contribution in [1.29, 1.82) is 0 Å². The summed E-state index contributed by atoms with van der Waals surface area (Å²) in [6, 6.07) is 9.26. The molecule has 0 radical (unpaired) electrons. The van der Waals surface area contributed by atoms with Crippen LogP contribution in [-0.2, 0) is 10.2 Å². The van der Waals surface area contributed by atoms with Crippen molar-refractivity contribution in [2.75, 3.05) is 6.61 Å². The van der Waals surface area contributed by atoms with Crippen LogP contribution in [0.4, 0.5) is 0 Å². The van der Waals surface area contributed by atoms with E-state index in [0.29, 0.717) is 6.04 Å². The van der Waals surface area contributed by atoms with E-state index in [2.05, 4.69) is 57.3 Å². The lowest BCUT2D eigenvalue weighted by molar-refractivity contribution is -0.0795. The number of nitrogens with one attached hydrogen (secondary N) is 1. The molecule has 1 aliphatic carbocycles. The molecule has 0 amide bonds. The third-order valence-electron chi connectivity index (χ3n) is 5.48. The molecular formula is C18H27NO. The number of hydrogen-bond donors (Lipinski definition) is 1. The van der Waals surface area contributed by atoms with Crippen molar-refractivity contribution in [3.8, 4) is 0 Å². The summed E-state index contributed by atoms with van der Waals surface area (Å²) in [6.45, 7) is 10.1. The van der Waals surface area contributed by atoms with Crippen LogP contribution in [0.1, 0.15) is 64.2 Å². The molecule has 0 spiro atoms. The first-order chi connectivity index (χ1) is 9.51. The van der Waals surface area contributed by atoms with Crippen molar-refractivity contribution in [2.45, 2.75) is 70.1 Å². The molecule has 2 aliphatic rings. The van der Waals surface area contributed by atoms with Crippen LogP contribution in [0, 0.1) is 0 Å². The summed E-state index contributed by atoms with van der Waals surface area (Å²) in [4.78, 5) is 0. The van der Waals surface area contributed by atoms with Gasteiger partial charge in [0.2, 0.25) is 0 Å². The van der Waals surface area contributed by atoms with Crippen LogP contribution in [0.25, 0.3) is 0 Å². The molecule has 2 heteroatoms. The zero-order chi connectivity index (χ0) is 14.4. The number of benzene rings is 1. The minimum absolute atomic E-state index is 0.170. The predicted molar refractivity (Wildman–Crippen MR) is 83.0 cm³/mol. The van der Waals surface area contributed by atoms with Crippen molar-refractivity contribution < 1.29 is 4.74 Å². The van der Waals surface area contributed by atoms with Gasteiger partial charge in [0.25, 0.3) is 0 Å². The Morgan fingerprint density at radius 3 is 2.60 bits per heavy atom. The molecule has 3 rings (SSSR count). The second-order valence-electron chi connectivity index (χ2n) is 7.15. The summed E-state index contributed by atoms with van der Waals surface area (Å²) < 4.78 is 6.34. The average molecular weight is 273 g/mol. The summed E-state index contributed by atoms with van der Waals surface area (Å²) in [6.07, 6.45) is 3.64. The highest BCUT2D eigenvalue weighted by Gasteiger charge is 2.46. The summed E-state index contributed by atoms with van der Waals surface area (Å²) in [5.41, 5.74) is 3.24. The second-order valence-corrected chi connectivity index (χ2v) is 7.15. The largest absolute Gasteiger partial charge is 0.370 e. The van der Waals surface area contributed by atoms with Gasteiger partial charge in [-0.3, -0.25) is 0 Å². The summed E-state index contributed by atoms with van der Waals surface area (Å²) >= 11 is 0. The molecule has 1 aliphatic heterocycles. The standard InChI is InChI=1S/C18H27NO/c1-5-18(6-2)12-20-16-13-9-7-8-10-14(13)17(3,4)11-15(16)19-18/h7-10,15-16,19H,5-6,11-12H2,1-4H3. The number of rotatable bonds is 2. The molecule has 2 atom stereocenters. The number of hydrogen-bond acceptors (Lipinski definition) is 2. The monoisotopic (exact) mass is 273 g/mol. The maximum atomic E-state index is 6.34. The van der Waals surface area contributed by atoms with Crippen LogP contribution in [0.2, 0.25) is 0 Å². The van der Waals surface area contributed by atoms with E-state index in [1.165, 1.54) is 11.1 Å². The normalized spacial score (nSPS) is 30.4. The van der Waals surface area contributed by atoms with Gasteiger partial charge in [-0.25, -0.2) is 0 Å². The van der Waals surface area contributed by atoms with Crippen molar-refractivity contribution in [3.05, 3.63) is 35.4 Å². The SMILES string of the molecule is CCC1(CC)COC2c3ccccc3C(C)(C)CC2N1. The van der Waals surface area contributed by atoms with Gasteiger partial charge in [-0.1, -0.05) is 52.0 Å². The Bertz CT molecular complexity index is 490. The zero-order valence-corrected chi connectivity index (χ0v) is 13.2. The van der Waals surface area contributed by atoms with Gasteiger partial charge >= 0.3 is 0 Å². The van der Waals surface area contributed by atoms with Crippen LogP contribution in [0.5, 0.6) is 0 Å². The third kappa shape index (κ3) is 2.10. The fraction of sp³-hybridized carbons (Fsp3) is 0.667. The maximum Gasteiger partial charge on any atom is 0.0982 e.